The highest BCUT2D eigenvalue weighted by molar-refractivity contribution is 5.94. The molecule has 20 heavy (non-hydrogen) atoms. The molecule has 1 saturated heterocycles. The Morgan fingerprint density at radius 2 is 2.05 bits per heavy atom. The fraction of sp³-hybridized carbons (Fsp3) is 0.500. The van der Waals surface area contributed by atoms with E-state index in [0.29, 0.717) is 24.5 Å². The summed E-state index contributed by atoms with van der Waals surface area (Å²) in [5.41, 5.74) is 0.497. The summed E-state index contributed by atoms with van der Waals surface area (Å²) in [6, 6.07) is 3.04. The second kappa shape index (κ2) is 3.66. The van der Waals surface area contributed by atoms with Gasteiger partial charge in [-0.25, -0.2) is 4.63 Å². The Hall–Kier alpha value is -2.22. The normalized spacial score (nSPS) is 20.9. The maximum atomic E-state index is 10.9. The second-order valence-corrected chi connectivity index (χ2v) is 5.56. The van der Waals surface area contributed by atoms with E-state index in [-0.39, 0.29) is 11.2 Å². The largest absolute Gasteiger partial charge is 0.386 e. The minimum Gasteiger partial charge on any atom is -0.386 e. The number of non-ortho nitro benzene ring substituents is 1. The van der Waals surface area contributed by atoms with Gasteiger partial charge in [-0.3, -0.25) is 10.1 Å². The Labute approximate surface area is 113 Å². The Kier molecular flexibility index (Phi) is 2.12. The van der Waals surface area contributed by atoms with Crippen LogP contribution in [0, 0.1) is 16.0 Å². The van der Waals surface area contributed by atoms with Crippen molar-refractivity contribution in [1.82, 2.24) is 10.3 Å². The first-order valence-corrected chi connectivity index (χ1v) is 6.45. The number of aliphatic hydroxyl groups is 1. The number of nitrogens with zero attached hydrogens (tertiary/aromatic N) is 4. The van der Waals surface area contributed by atoms with Crippen molar-refractivity contribution < 1.29 is 14.7 Å². The number of fused-ring (bicyclic) bond motifs is 1. The lowest BCUT2D eigenvalue weighted by Crippen LogP contribution is -2.63. The molecule has 0 atom stereocenters. The molecular formula is C12H12N4O4. The smallest absolute Gasteiger partial charge is 0.300 e. The summed E-state index contributed by atoms with van der Waals surface area (Å²) in [6.07, 6.45) is 2.15. The van der Waals surface area contributed by atoms with E-state index in [2.05, 4.69) is 14.9 Å². The number of nitro groups is 1. The third kappa shape index (κ3) is 1.51. The van der Waals surface area contributed by atoms with Crippen LogP contribution in [0.4, 0.5) is 11.4 Å². The maximum Gasteiger partial charge on any atom is 0.300 e. The topological polar surface area (TPSA) is 106 Å². The SMILES string of the molecule is O=[N+]([O-])c1ccc(N2CC(O)(C3CC3)C2)c2nonc12. The van der Waals surface area contributed by atoms with E-state index in [1.165, 1.54) is 6.07 Å². The van der Waals surface area contributed by atoms with Crippen LogP contribution in [0.1, 0.15) is 12.8 Å². The van der Waals surface area contributed by atoms with Crippen molar-refractivity contribution in [3.63, 3.8) is 0 Å². The molecule has 1 aliphatic heterocycles. The van der Waals surface area contributed by atoms with Gasteiger partial charge in [0.05, 0.1) is 10.6 Å². The molecule has 0 unspecified atom stereocenters. The average Bonchev–Trinajstić information content (AvgIpc) is 3.12. The van der Waals surface area contributed by atoms with E-state index in [1.54, 1.807) is 6.07 Å². The maximum absolute atomic E-state index is 10.9. The van der Waals surface area contributed by atoms with Gasteiger partial charge < -0.3 is 10.0 Å². The predicted octanol–water partition coefficient (Wildman–Crippen LogP) is 1.09. The Morgan fingerprint density at radius 3 is 2.70 bits per heavy atom. The van der Waals surface area contributed by atoms with Crippen LogP contribution in [0.5, 0.6) is 0 Å². The Bertz CT molecular complexity index is 703. The summed E-state index contributed by atoms with van der Waals surface area (Å²) in [5, 5.41) is 28.6. The van der Waals surface area contributed by atoms with E-state index in [9.17, 15) is 15.2 Å². The van der Waals surface area contributed by atoms with Crippen molar-refractivity contribution >= 4 is 22.4 Å². The van der Waals surface area contributed by atoms with Gasteiger partial charge in [-0.15, -0.1) is 0 Å². The molecule has 2 heterocycles. The van der Waals surface area contributed by atoms with E-state index in [1.807, 2.05) is 4.90 Å². The molecule has 2 aliphatic rings. The summed E-state index contributed by atoms with van der Waals surface area (Å²) in [6.45, 7) is 1.05. The number of rotatable bonds is 3. The fourth-order valence-corrected chi connectivity index (χ4v) is 2.91. The molecule has 0 amide bonds. The number of β-amino-alcohol motifs (C(OH)–C–C–N with tert-alkyl or cyclic N) is 1. The van der Waals surface area contributed by atoms with Gasteiger partial charge in [0.1, 0.15) is 5.60 Å². The lowest BCUT2D eigenvalue weighted by atomic mass is 9.88. The number of anilines is 1. The summed E-state index contributed by atoms with van der Waals surface area (Å²) in [5.74, 6) is 0.391. The quantitative estimate of drug-likeness (QED) is 0.660. The molecule has 0 spiro atoms. The van der Waals surface area contributed by atoms with Crippen LogP contribution in [-0.2, 0) is 0 Å². The molecule has 1 N–H and O–H groups in total. The molecule has 1 aromatic heterocycles. The first-order chi connectivity index (χ1) is 9.58. The highest BCUT2D eigenvalue weighted by atomic mass is 16.6. The fourth-order valence-electron chi connectivity index (χ4n) is 2.91. The average molecular weight is 276 g/mol. The van der Waals surface area contributed by atoms with Crippen LogP contribution in [0.15, 0.2) is 16.8 Å². The second-order valence-electron chi connectivity index (χ2n) is 5.56. The molecule has 2 fully saturated rings. The van der Waals surface area contributed by atoms with Crippen LogP contribution in [0.25, 0.3) is 11.0 Å². The highest BCUT2D eigenvalue weighted by Gasteiger charge is 2.52. The van der Waals surface area contributed by atoms with Gasteiger partial charge in [-0.2, -0.15) is 0 Å². The van der Waals surface area contributed by atoms with Crippen LogP contribution < -0.4 is 4.90 Å². The predicted molar refractivity (Wildman–Crippen MR) is 68.3 cm³/mol. The van der Waals surface area contributed by atoms with Gasteiger partial charge >= 0.3 is 5.69 Å². The van der Waals surface area contributed by atoms with Crippen molar-refractivity contribution in [2.75, 3.05) is 18.0 Å². The van der Waals surface area contributed by atoms with E-state index < -0.39 is 10.5 Å². The zero-order valence-corrected chi connectivity index (χ0v) is 10.5. The highest BCUT2D eigenvalue weighted by Crippen LogP contribution is 2.46. The molecule has 1 saturated carbocycles. The first-order valence-electron chi connectivity index (χ1n) is 6.45. The Morgan fingerprint density at radius 1 is 1.35 bits per heavy atom. The zero-order chi connectivity index (χ0) is 13.9. The lowest BCUT2D eigenvalue weighted by molar-refractivity contribution is -0.383. The summed E-state index contributed by atoms with van der Waals surface area (Å²) < 4.78 is 4.63. The van der Waals surface area contributed by atoms with Crippen molar-refractivity contribution in [2.24, 2.45) is 5.92 Å². The van der Waals surface area contributed by atoms with Crippen molar-refractivity contribution in [3.05, 3.63) is 22.2 Å². The molecule has 8 nitrogen and oxygen atoms in total. The minimum absolute atomic E-state index is 0.122. The molecule has 8 heteroatoms. The summed E-state index contributed by atoms with van der Waals surface area (Å²) in [4.78, 5) is 12.4. The number of aromatic nitrogens is 2. The third-order valence-corrected chi connectivity index (χ3v) is 4.18. The van der Waals surface area contributed by atoms with Gasteiger partial charge in [0, 0.05) is 19.2 Å². The number of hydrogen-bond acceptors (Lipinski definition) is 7. The van der Waals surface area contributed by atoms with E-state index in [0.717, 1.165) is 18.5 Å². The summed E-state index contributed by atoms with van der Waals surface area (Å²) >= 11 is 0. The molecule has 2 aromatic rings. The molecule has 4 rings (SSSR count). The number of nitro benzene ring substituents is 1. The van der Waals surface area contributed by atoms with Gasteiger partial charge in [-0.1, -0.05) is 0 Å². The van der Waals surface area contributed by atoms with E-state index >= 15 is 0 Å². The van der Waals surface area contributed by atoms with Gasteiger partial charge in [0.15, 0.2) is 5.52 Å². The summed E-state index contributed by atoms with van der Waals surface area (Å²) in [7, 11) is 0. The molecule has 0 radical (unpaired) electrons. The van der Waals surface area contributed by atoms with E-state index in [4.69, 9.17) is 0 Å². The minimum atomic E-state index is -0.620. The van der Waals surface area contributed by atoms with Crippen LogP contribution >= 0.6 is 0 Å². The van der Waals surface area contributed by atoms with Crippen molar-refractivity contribution in [2.45, 2.75) is 18.4 Å². The molecule has 1 aliphatic carbocycles. The zero-order valence-electron chi connectivity index (χ0n) is 10.5. The van der Waals surface area contributed by atoms with Gasteiger partial charge in [0.2, 0.25) is 5.52 Å². The van der Waals surface area contributed by atoms with Crippen molar-refractivity contribution in [3.8, 4) is 0 Å². The number of hydrogen-bond donors (Lipinski definition) is 1. The monoisotopic (exact) mass is 276 g/mol. The Balaban J connectivity index is 1.70. The van der Waals surface area contributed by atoms with Gasteiger partial charge in [-0.05, 0) is 35.1 Å². The first kappa shape index (κ1) is 11.6. The molecule has 104 valence electrons. The van der Waals surface area contributed by atoms with Crippen LogP contribution in [-0.4, -0.2) is 39.0 Å². The van der Waals surface area contributed by atoms with Crippen molar-refractivity contribution in [1.29, 1.82) is 0 Å². The molecular weight excluding hydrogens is 264 g/mol. The molecule has 1 aromatic carbocycles. The third-order valence-electron chi connectivity index (χ3n) is 4.18. The van der Waals surface area contributed by atoms with Gasteiger partial charge in [0.25, 0.3) is 0 Å². The standard InChI is InChI=1S/C12H12N4O4/c17-12(7-1-2-7)5-15(6-12)8-3-4-9(16(18)19)11-10(8)13-20-14-11/h3-4,7,17H,1-2,5-6H2. The van der Waals surface area contributed by atoms with Crippen LogP contribution in [0.2, 0.25) is 0 Å². The molecule has 0 bridgehead atoms. The van der Waals surface area contributed by atoms with Crippen LogP contribution in [0.3, 0.4) is 0 Å². The lowest BCUT2D eigenvalue weighted by Gasteiger charge is -2.48. The number of benzene rings is 1.